The van der Waals surface area contributed by atoms with Gasteiger partial charge < -0.3 is 9.64 Å². The third kappa shape index (κ3) is 3.65. The molecule has 1 aliphatic rings. The lowest BCUT2D eigenvalue weighted by atomic mass is 10.1. The molecule has 0 unspecified atom stereocenters. The van der Waals surface area contributed by atoms with E-state index in [9.17, 15) is 4.79 Å². The Bertz CT molecular complexity index is 952. The van der Waals surface area contributed by atoms with Gasteiger partial charge in [0.2, 0.25) is 0 Å². The Morgan fingerprint density at radius 1 is 1.15 bits per heavy atom. The number of hydrogen-bond donors (Lipinski definition) is 0. The monoisotopic (exact) mass is 406 g/mol. The molecule has 2 aromatic carbocycles. The minimum atomic E-state index is 0.0118. The second-order valence-electron chi connectivity index (χ2n) is 6.19. The fourth-order valence-electron chi connectivity index (χ4n) is 3.07. The van der Waals surface area contributed by atoms with E-state index in [2.05, 4.69) is 4.98 Å². The molecule has 0 saturated carbocycles. The van der Waals surface area contributed by atoms with Gasteiger partial charge in [-0.3, -0.25) is 4.79 Å². The van der Waals surface area contributed by atoms with Crippen molar-refractivity contribution in [1.29, 1.82) is 0 Å². The first-order valence-corrected chi connectivity index (χ1v) is 9.94. The van der Waals surface area contributed by atoms with Crippen molar-refractivity contribution in [2.24, 2.45) is 0 Å². The third-order valence-electron chi connectivity index (χ3n) is 4.42. The molecule has 2 heterocycles. The van der Waals surface area contributed by atoms with E-state index >= 15 is 0 Å². The highest BCUT2D eigenvalue weighted by molar-refractivity contribution is 7.20. The number of hydrogen-bond acceptors (Lipinski definition) is 4. The van der Waals surface area contributed by atoms with Crippen molar-refractivity contribution in [2.75, 3.05) is 13.1 Å². The average molecular weight is 407 g/mol. The van der Waals surface area contributed by atoms with Crippen LogP contribution in [-0.4, -0.2) is 35.0 Å². The van der Waals surface area contributed by atoms with Crippen molar-refractivity contribution in [3.05, 3.63) is 58.1 Å². The van der Waals surface area contributed by atoms with Gasteiger partial charge in [-0.15, -0.1) is 0 Å². The molecule has 134 valence electrons. The molecule has 26 heavy (non-hydrogen) atoms. The van der Waals surface area contributed by atoms with Crippen molar-refractivity contribution in [3.63, 3.8) is 0 Å². The van der Waals surface area contributed by atoms with E-state index < -0.39 is 0 Å². The summed E-state index contributed by atoms with van der Waals surface area (Å²) < 4.78 is 7.05. The molecular formula is C19H16Cl2N2O2S. The largest absolute Gasteiger partial charge is 0.467 e. The predicted octanol–water partition coefficient (Wildman–Crippen LogP) is 5.29. The van der Waals surface area contributed by atoms with Crippen molar-refractivity contribution in [2.45, 2.75) is 18.9 Å². The van der Waals surface area contributed by atoms with Gasteiger partial charge in [-0.25, -0.2) is 4.98 Å². The number of rotatable bonds is 3. The molecule has 1 aromatic heterocycles. The van der Waals surface area contributed by atoms with Gasteiger partial charge in [-0.1, -0.05) is 46.7 Å². The van der Waals surface area contributed by atoms with E-state index in [1.54, 1.807) is 24.3 Å². The maximum Gasteiger partial charge on any atom is 0.274 e. The zero-order valence-corrected chi connectivity index (χ0v) is 16.2. The first kappa shape index (κ1) is 17.6. The maximum absolute atomic E-state index is 12.6. The third-order valence-corrected chi connectivity index (χ3v) is 5.87. The maximum atomic E-state index is 12.6. The number of para-hydroxylation sites is 1. The molecule has 1 aliphatic heterocycles. The molecule has 1 amide bonds. The number of fused-ring (bicyclic) bond motifs is 1. The average Bonchev–Trinajstić information content (AvgIpc) is 3.06. The summed E-state index contributed by atoms with van der Waals surface area (Å²) in [7, 11) is 0. The SMILES string of the molecule is O=C(c1cccc(Cl)c1)N1CCC(Oc2nc3c(Cl)cccc3s2)CC1. The molecule has 1 fully saturated rings. The number of carbonyl (C=O) groups excluding carboxylic acids is 1. The van der Waals surface area contributed by atoms with E-state index in [1.165, 1.54) is 11.3 Å². The van der Waals surface area contributed by atoms with E-state index in [0.717, 1.165) is 23.1 Å². The van der Waals surface area contributed by atoms with Crippen LogP contribution in [0.15, 0.2) is 42.5 Å². The fraction of sp³-hybridized carbons (Fsp3) is 0.263. The molecule has 4 nitrogen and oxygen atoms in total. The van der Waals surface area contributed by atoms with Crippen LogP contribution in [0.4, 0.5) is 0 Å². The van der Waals surface area contributed by atoms with Crippen LogP contribution >= 0.6 is 34.5 Å². The van der Waals surface area contributed by atoms with Crippen LogP contribution in [0.25, 0.3) is 10.2 Å². The summed E-state index contributed by atoms with van der Waals surface area (Å²) in [6, 6.07) is 12.8. The lowest BCUT2D eigenvalue weighted by Gasteiger charge is -2.31. The Balaban J connectivity index is 1.38. The van der Waals surface area contributed by atoms with E-state index in [-0.39, 0.29) is 12.0 Å². The van der Waals surface area contributed by atoms with Crippen LogP contribution in [0.3, 0.4) is 0 Å². The normalized spacial score (nSPS) is 15.4. The van der Waals surface area contributed by atoms with Gasteiger partial charge in [0.15, 0.2) is 0 Å². The van der Waals surface area contributed by atoms with Crippen LogP contribution < -0.4 is 4.74 Å². The fourth-order valence-corrected chi connectivity index (χ4v) is 4.44. The highest BCUT2D eigenvalue weighted by Gasteiger charge is 2.25. The highest BCUT2D eigenvalue weighted by Crippen LogP contribution is 2.33. The summed E-state index contributed by atoms with van der Waals surface area (Å²) in [5, 5.41) is 1.84. The van der Waals surface area contributed by atoms with Gasteiger partial charge in [0.05, 0.1) is 9.72 Å². The summed E-state index contributed by atoms with van der Waals surface area (Å²) in [6.07, 6.45) is 1.60. The van der Waals surface area contributed by atoms with Crippen molar-refractivity contribution >= 4 is 50.7 Å². The van der Waals surface area contributed by atoms with E-state index in [1.807, 2.05) is 23.1 Å². The van der Waals surface area contributed by atoms with E-state index in [0.29, 0.717) is 33.9 Å². The number of ether oxygens (including phenoxy) is 1. The molecule has 4 rings (SSSR count). The summed E-state index contributed by atoms with van der Waals surface area (Å²) >= 11 is 13.6. The number of amides is 1. The predicted molar refractivity (Wildman–Crippen MR) is 106 cm³/mol. The lowest BCUT2D eigenvalue weighted by molar-refractivity contribution is 0.0595. The van der Waals surface area contributed by atoms with Crippen LogP contribution in [0.2, 0.25) is 10.0 Å². The van der Waals surface area contributed by atoms with Crippen LogP contribution in [0.5, 0.6) is 5.19 Å². The summed E-state index contributed by atoms with van der Waals surface area (Å²) in [6.45, 7) is 1.31. The van der Waals surface area contributed by atoms with Crippen molar-refractivity contribution in [1.82, 2.24) is 9.88 Å². The van der Waals surface area contributed by atoms with Gasteiger partial charge in [0.1, 0.15) is 11.6 Å². The number of aromatic nitrogens is 1. The second-order valence-corrected chi connectivity index (χ2v) is 8.02. The Labute approximate surface area is 165 Å². The number of nitrogens with zero attached hydrogens (tertiary/aromatic N) is 2. The van der Waals surface area contributed by atoms with Gasteiger partial charge in [0, 0.05) is 36.5 Å². The molecule has 0 N–H and O–H groups in total. The Kier molecular flexibility index (Phi) is 5.02. The molecule has 0 radical (unpaired) electrons. The molecule has 0 spiro atoms. The number of likely N-dealkylation sites (tertiary alicyclic amines) is 1. The van der Waals surface area contributed by atoms with Crippen molar-refractivity contribution in [3.8, 4) is 5.19 Å². The Morgan fingerprint density at radius 2 is 1.92 bits per heavy atom. The zero-order chi connectivity index (χ0) is 18.1. The van der Waals surface area contributed by atoms with Gasteiger partial charge >= 0.3 is 0 Å². The van der Waals surface area contributed by atoms with Crippen LogP contribution in [-0.2, 0) is 0 Å². The van der Waals surface area contributed by atoms with Gasteiger partial charge in [-0.05, 0) is 30.3 Å². The summed E-state index contributed by atoms with van der Waals surface area (Å²) in [5.41, 5.74) is 1.40. The molecular weight excluding hydrogens is 391 g/mol. The first-order valence-electron chi connectivity index (χ1n) is 8.37. The summed E-state index contributed by atoms with van der Waals surface area (Å²) in [5.74, 6) is 0.0118. The molecule has 7 heteroatoms. The minimum Gasteiger partial charge on any atom is -0.467 e. The minimum absolute atomic E-state index is 0.0118. The first-order chi connectivity index (χ1) is 12.6. The molecule has 0 bridgehead atoms. The standard InChI is InChI=1S/C19H16Cl2N2O2S/c20-13-4-1-3-12(11-13)18(24)23-9-7-14(8-10-23)25-19-22-17-15(21)5-2-6-16(17)26-19/h1-6,11,14H,7-10H2. The topological polar surface area (TPSA) is 42.4 Å². The van der Waals surface area contributed by atoms with Gasteiger partial charge in [0.25, 0.3) is 11.1 Å². The number of halogens is 2. The van der Waals surface area contributed by atoms with Gasteiger partial charge in [-0.2, -0.15) is 0 Å². The quantitative estimate of drug-likeness (QED) is 0.593. The number of carbonyl (C=O) groups is 1. The highest BCUT2D eigenvalue weighted by atomic mass is 35.5. The zero-order valence-electron chi connectivity index (χ0n) is 13.8. The molecule has 3 aromatic rings. The van der Waals surface area contributed by atoms with Crippen LogP contribution in [0, 0.1) is 0 Å². The smallest absolute Gasteiger partial charge is 0.274 e. The Morgan fingerprint density at radius 3 is 2.65 bits per heavy atom. The summed E-state index contributed by atoms with van der Waals surface area (Å²) in [4.78, 5) is 18.9. The molecule has 1 saturated heterocycles. The Hall–Kier alpha value is -1.82. The van der Waals surface area contributed by atoms with Crippen LogP contribution in [0.1, 0.15) is 23.2 Å². The number of piperidine rings is 1. The van der Waals surface area contributed by atoms with E-state index in [4.69, 9.17) is 27.9 Å². The molecule has 0 aliphatic carbocycles. The lowest BCUT2D eigenvalue weighted by Crippen LogP contribution is -2.41. The number of thiazole rings is 1. The van der Waals surface area contributed by atoms with Crippen molar-refractivity contribution < 1.29 is 9.53 Å². The number of benzene rings is 2. The molecule has 0 atom stereocenters. The second kappa shape index (κ2) is 7.43.